The van der Waals surface area contributed by atoms with E-state index >= 15 is 0 Å². The zero-order valence-electron chi connectivity index (χ0n) is 13.6. The monoisotopic (exact) mass is 339 g/mol. The number of rotatable bonds is 3. The Hall–Kier alpha value is -2.14. The van der Waals surface area contributed by atoms with Crippen LogP contribution in [0.15, 0.2) is 41.9 Å². The number of imidazole rings is 1. The van der Waals surface area contributed by atoms with E-state index in [0.717, 1.165) is 29.1 Å². The molecule has 2 aromatic heterocycles. The number of hydrogen-bond donors (Lipinski definition) is 1. The van der Waals surface area contributed by atoms with Crippen molar-refractivity contribution in [2.75, 3.05) is 0 Å². The average Bonchev–Trinajstić information content (AvgIpc) is 3.09. The maximum atomic E-state index is 12.7. The number of amides is 1. The first-order valence-electron chi connectivity index (χ1n) is 8.64. The highest BCUT2D eigenvalue weighted by Gasteiger charge is 2.19. The van der Waals surface area contributed by atoms with Gasteiger partial charge in [-0.25, -0.2) is 4.98 Å². The van der Waals surface area contributed by atoms with Crippen molar-refractivity contribution in [1.29, 1.82) is 0 Å². The number of hydrogen-bond acceptors (Lipinski definition) is 3. The van der Waals surface area contributed by atoms with Gasteiger partial charge in [-0.05, 0) is 12.8 Å². The molecule has 1 aliphatic carbocycles. The van der Waals surface area contributed by atoms with Crippen molar-refractivity contribution >= 4 is 22.2 Å². The molecular weight excluding hydrogens is 318 g/mol. The van der Waals surface area contributed by atoms with E-state index < -0.39 is 0 Å². The number of nitrogens with one attached hydrogen (secondary N) is 1. The second-order valence-electron chi connectivity index (χ2n) is 6.43. The molecule has 0 bridgehead atoms. The first-order valence-corrected chi connectivity index (χ1v) is 9.52. The molecule has 1 amide bonds. The first kappa shape index (κ1) is 15.4. The highest BCUT2D eigenvalue weighted by Crippen LogP contribution is 2.24. The molecule has 5 heteroatoms. The molecular formula is C19H21N3OS. The minimum atomic E-state index is 0.0187. The van der Waals surface area contributed by atoms with Crippen molar-refractivity contribution in [2.24, 2.45) is 0 Å². The molecule has 0 saturated heterocycles. The zero-order valence-corrected chi connectivity index (χ0v) is 14.4. The molecule has 1 fully saturated rings. The van der Waals surface area contributed by atoms with E-state index in [4.69, 9.17) is 0 Å². The minimum Gasteiger partial charge on any atom is -0.348 e. The number of aromatic nitrogens is 2. The average molecular weight is 339 g/mol. The number of benzene rings is 1. The summed E-state index contributed by atoms with van der Waals surface area (Å²) < 4.78 is 1.92. The molecule has 4 rings (SSSR count). The largest absolute Gasteiger partial charge is 0.348 e. The maximum Gasteiger partial charge on any atom is 0.269 e. The lowest BCUT2D eigenvalue weighted by atomic mass is 10.1. The zero-order chi connectivity index (χ0) is 16.4. The smallest absolute Gasteiger partial charge is 0.269 e. The summed E-state index contributed by atoms with van der Waals surface area (Å²) in [7, 11) is 0. The van der Waals surface area contributed by atoms with Crippen LogP contribution in [0.25, 0.3) is 16.2 Å². The summed E-state index contributed by atoms with van der Waals surface area (Å²) in [5.41, 5.74) is 2.67. The normalized spacial score (nSPS) is 16.2. The summed E-state index contributed by atoms with van der Waals surface area (Å²) in [4.78, 5) is 18.2. The van der Waals surface area contributed by atoms with Crippen LogP contribution >= 0.6 is 11.3 Å². The van der Waals surface area contributed by atoms with E-state index in [1.165, 1.54) is 37.0 Å². The SMILES string of the molecule is O=C(NC1CCCCCC1)c1csc2nc(-c3ccccc3)cn12. The third kappa shape index (κ3) is 3.08. The van der Waals surface area contributed by atoms with Gasteiger partial charge in [-0.3, -0.25) is 9.20 Å². The summed E-state index contributed by atoms with van der Waals surface area (Å²) in [6.45, 7) is 0. The van der Waals surface area contributed by atoms with Gasteiger partial charge in [0.05, 0.1) is 5.69 Å². The van der Waals surface area contributed by atoms with Gasteiger partial charge < -0.3 is 5.32 Å². The van der Waals surface area contributed by atoms with Crippen LogP contribution in [0.2, 0.25) is 0 Å². The topological polar surface area (TPSA) is 46.4 Å². The van der Waals surface area contributed by atoms with Gasteiger partial charge in [0.2, 0.25) is 0 Å². The molecule has 2 heterocycles. The summed E-state index contributed by atoms with van der Waals surface area (Å²) in [6.07, 6.45) is 9.16. The molecule has 0 unspecified atom stereocenters. The van der Waals surface area contributed by atoms with Gasteiger partial charge in [-0.15, -0.1) is 11.3 Å². The van der Waals surface area contributed by atoms with E-state index in [2.05, 4.69) is 10.3 Å². The summed E-state index contributed by atoms with van der Waals surface area (Å²) >= 11 is 1.51. The molecule has 0 spiro atoms. The fourth-order valence-corrected chi connectivity index (χ4v) is 4.23. The number of fused-ring (bicyclic) bond motifs is 1. The lowest BCUT2D eigenvalue weighted by molar-refractivity contribution is 0.0927. The number of nitrogens with zero attached hydrogens (tertiary/aromatic N) is 2. The van der Waals surface area contributed by atoms with Crippen molar-refractivity contribution in [2.45, 2.75) is 44.6 Å². The predicted octanol–water partition coefficient (Wildman–Crippen LogP) is 4.52. The van der Waals surface area contributed by atoms with Gasteiger partial charge in [0.1, 0.15) is 5.69 Å². The minimum absolute atomic E-state index is 0.0187. The summed E-state index contributed by atoms with van der Waals surface area (Å²) in [5.74, 6) is 0.0187. The van der Waals surface area contributed by atoms with Gasteiger partial charge >= 0.3 is 0 Å². The van der Waals surface area contributed by atoms with E-state index in [1.54, 1.807) is 0 Å². The van der Waals surface area contributed by atoms with E-state index in [-0.39, 0.29) is 5.91 Å². The molecule has 1 N–H and O–H groups in total. The highest BCUT2D eigenvalue weighted by molar-refractivity contribution is 7.15. The second kappa shape index (κ2) is 6.77. The Morgan fingerprint density at radius 2 is 1.88 bits per heavy atom. The summed E-state index contributed by atoms with van der Waals surface area (Å²) in [5, 5.41) is 5.13. The van der Waals surface area contributed by atoms with Crippen LogP contribution in [-0.2, 0) is 0 Å². The van der Waals surface area contributed by atoms with Gasteiger partial charge in [0.25, 0.3) is 5.91 Å². The highest BCUT2D eigenvalue weighted by atomic mass is 32.1. The second-order valence-corrected chi connectivity index (χ2v) is 7.26. The Morgan fingerprint density at radius 1 is 1.12 bits per heavy atom. The Bertz CT molecular complexity index is 829. The van der Waals surface area contributed by atoms with Crippen LogP contribution < -0.4 is 5.32 Å². The molecule has 0 aliphatic heterocycles. The van der Waals surface area contributed by atoms with E-state index in [9.17, 15) is 4.79 Å². The van der Waals surface area contributed by atoms with E-state index in [1.807, 2.05) is 46.3 Å². The number of carbonyl (C=O) groups excluding carboxylic acids is 1. The molecule has 124 valence electrons. The molecule has 24 heavy (non-hydrogen) atoms. The van der Waals surface area contributed by atoms with Crippen molar-refractivity contribution in [3.8, 4) is 11.3 Å². The first-order chi connectivity index (χ1) is 11.8. The standard InChI is InChI=1S/C19H21N3OS/c23-18(20-15-10-6-1-2-7-11-15)17-13-24-19-21-16(12-22(17)19)14-8-4-3-5-9-14/h3-5,8-9,12-13,15H,1-2,6-7,10-11H2,(H,20,23). The molecule has 0 radical (unpaired) electrons. The fourth-order valence-electron chi connectivity index (χ4n) is 3.38. The predicted molar refractivity (Wildman–Crippen MR) is 97.5 cm³/mol. The van der Waals surface area contributed by atoms with Crippen LogP contribution in [0.5, 0.6) is 0 Å². The quantitative estimate of drug-likeness (QED) is 0.713. The van der Waals surface area contributed by atoms with Crippen molar-refractivity contribution in [1.82, 2.24) is 14.7 Å². The Kier molecular flexibility index (Phi) is 4.34. The van der Waals surface area contributed by atoms with Crippen LogP contribution in [0.1, 0.15) is 49.0 Å². The molecule has 1 aromatic carbocycles. The van der Waals surface area contributed by atoms with Gasteiger partial charge in [0, 0.05) is 23.2 Å². The van der Waals surface area contributed by atoms with Crippen LogP contribution in [-0.4, -0.2) is 21.3 Å². The number of thiazole rings is 1. The molecule has 0 atom stereocenters. The lowest BCUT2D eigenvalue weighted by Gasteiger charge is -2.15. The van der Waals surface area contributed by atoms with Gasteiger partial charge in [0.15, 0.2) is 4.96 Å². The summed E-state index contributed by atoms with van der Waals surface area (Å²) in [6, 6.07) is 10.4. The maximum absolute atomic E-state index is 12.7. The molecule has 1 aliphatic rings. The third-order valence-electron chi connectivity index (χ3n) is 4.70. The van der Waals surface area contributed by atoms with Crippen molar-refractivity contribution in [3.05, 3.63) is 47.6 Å². The lowest BCUT2D eigenvalue weighted by Crippen LogP contribution is -2.34. The Balaban J connectivity index is 1.57. The molecule has 4 nitrogen and oxygen atoms in total. The Labute approximate surface area is 145 Å². The van der Waals surface area contributed by atoms with Crippen LogP contribution in [0, 0.1) is 0 Å². The van der Waals surface area contributed by atoms with Gasteiger partial charge in [-0.1, -0.05) is 56.0 Å². The number of carbonyl (C=O) groups is 1. The third-order valence-corrected chi connectivity index (χ3v) is 5.54. The Morgan fingerprint density at radius 3 is 2.62 bits per heavy atom. The van der Waals surface area contributed by atoms with Crippen molar-refractivity contribution in [3.63, 3.8) is 0 Å². The fraction of sp³-hybridized carbons (Fsp3) is 0.368. The molecule has 3 aromatic rings. The van der Waals surface area contributed by atoms with Crippen LogP contribution in [0.4, 0.5) is 0 Å². The van der Waals surface area contributed by atoms with Crippen LogP contribution in [0.3, 0.4) is 0 Å². The van der Waals surface area contributed by atoms with Gasteiger partial charge in [-0.2, -0.15) is 0 Å². The molecule has 1 saturated carbocycles. The van der Waals surface area contributed by atoms with E-state index in [0.29, 0.717) is 11.7 Å². The van der Waals surface area contributed by atoms with Crippen molar-refractivity contribution < 1.29 is 4.79 Å².